The highest BCUT2D eigenvalue weighted by atomic mass is 16.6. The first-order chi connectivity index (χ1) is 12.1. The maximum absolute atomic E-state index is 11.8. The van der Waals surface area contributed by atoms with Gasteiger partial charge in [-0.25, -0.2) is 9.78 Å². The predicted octanol–water partition coefficient (Wildman–Crippen LogP) is 2.53. The van der Waals surface area contributed by atoms with Crippen LogP contribution in [-0.2, 0) is 0 Å². The summed E-state index contributed by atoms with van der Waals surface area (Å²) in [5.41, 5.74) is 5.65. The number of likely N-dealkylation sites (tertiary alicyclic amines) is 1. The molecule has 3 rings (SSSR count). The van der Waals surface area contributed by atoms with E-state index in [1.54, 1.807) is 12.3 Å². The SMILES string of the molecule is NC(=O)N1CCCCC[C@@H]1C1CCN(c2ncccc2[N+](=O)[O-])CC1. The number of piperidine rings is 1. The summed E-state index contributed by atoms with van der Waals surface area (Å²) in [5, 5.41) is 11.2. The van der Waals surface area contributed by atoms with Crippen molar-refractivity contribution in [1.29, 1.82) is 0 Å². The lowest BCUT2D eigenvalue weighted by Crippen LogP contribution is -2.49. The first-order valence-corrected chi connectivity index (χ1v) is 8.98. The van der Waals surface area contributed by atoms with Crippen LogP contribution < -0.4 is 10.6 Å². The minimum atomic E-state index is -0.380. The summed E-state index contributed by atoms with van der Waals surface area (Å²) < 4.78 is 0. The van der Waals surface area contributed by atoms with Gasteiger partial charge in [0.2, 0.25) is 5.82 Å². The number of amides is 2. The predicted molar refractivity (Wildman–Crippen MR) is 94.4 cm³/mol. The van der Waals surface area contributed by atoms with Gasteiger partial charge in [-0.05, 0) is 37.7 Å². The topological polar surface area (TPSA) is 106 Å². The Balaban J connectivity index is 1.69. The third-order valence-corrected chi connectivity index (χ3v) is 5.43. The number of rotatable bonds is 3. The third-order valence-electron chi connectivity index (χ3n) is 5.43. The Kier molecular flexibility index (Phi) is 5.35. The summed E-state index contributed by atoms with van der Waals surface area (Å²) in [4.78, 5) is 30.7. The number of urea groups is 1. The van der Waals surface area contributed by atoms with Crippen LogP contribution in [0.15, 0.2) is 18.3 Å². The van der Waals surface area contributed by atoms with Gasteiger partial charge in [0.25, 0.3) is 0 Å². The van der Waals surface area contributed by atoms with E-state index in [2.05, 4.69) is 4.98 Å². The van der Waals surface area contributed by atoms with Crippen molar-refractivity contribution in [1.82, 2.24) is 9.88 Å². The van der Waals surface area contributed by atoms with Gasteiger partial charge in [-0.1, -0.05) is 12.8 Å². The van der Waals surface area contributed by atoms with Gasteiger partial charge < -0.3 is 15.5 Å². The van der Waals surface area contributed by atoms with E-state index in [1.165, 1.54) is 6.07 Å². The molecule has 2 saturated heterocycles. The molecule has 0 unspecified atom stereocenters. The Morgan fingerprint density at radius 2 is 1.96 bits per heavy atom. The lowest BCUT2D eigenvalue weighted by molar-refractivity contribution is -0.384. The monoisotopic (exact) mass is 347 g/mol. The Morgan fingerprint density at radius 3 is 2.64 bits per heavy atom. The average Bonchev–Trinajstić information content (AvgIpc) is 2.88. The van der Waals surface area contributed by atoms with Gasteiger partial charge >= 0.3 is 11.7 Å². The molecule has 0 aromatic carbocycles. The summed E-state index contributed by atoms with van der Waals surface area (Å²) in [5.74, 6) is 0.836. The zero-order valence-corrected chi connectivity index (χ0v) is 14.3. The standard InChI is InChI=1S/C17H25N5O3/c18-17(23)21-10-3-1-2-5-14(21)13-7-11-20(12-8-13)16-15(22(24)25)6-4-9-19-16/h4,6,9,13-14H,1-3,5,7-8,10-12H2,(H2,18,23)/t14-/m1/s1. The van der Waals surface area contributed by atoms with Crippen LogP contribution in [0.2, 0.25) is 0 Å². The van der Waals surface area contributed by atoms with Crippen LogP contribution in [-0.4, -0.2) is 46.5 Å². The molecule has 136 valence electrons. The molecule has 8 heteroatoms. The second-order valence-corrected chi connectivity index (χ2v) is 6.88. The van der Waals surface area contributed by atoms with Crippen molar-refractivity contribution in [3.63, 3.8) is 0 Å². The number of nitrogens with zero attached hydrogens (tertiary/aromatic N) is 4. The molecule has 3 heterocycles. The molecule has 1 aromatic heterocycles. The van der Waals surface area contributed by atoms with Crippen molar-refractivity contribution in [2.45, 2.75) is 44.6 Å². The molecule has 2 aliphatic rings. The zero-order chi connectivity index (χ0) is 17.8. The molecular formula is C17H25N5O3. The van der Waals surface area contributed by atoms with E-state index < -0.39 is 0 Å². The molecule has 0 bridgehead atoms. The van der Waals surface area contributed by atoms with Gasteiger partial charge in [0.1, 0.15) is 0 Å². The van der Waals surface area contributed by atoms with E-state index >= 15 is 0 Å². The second-order valence-electron chi connectivity index (χ2n) is 6.88. The van der Waals surface area contributed by atoms with Crippen LogP contribution in [0.4, 0.5) is 16.3 Å². The van der Waals surface area contributed by atoms with Crippen LogP contribution in [0.3, 0.4) is 0 Å². The minimum absolute atomic E-state index is 0.0502. The van der Waals surface area contributed by atoms with E-state index in [0.717, 1.165) is 45.1 Å². The van der Waals surface area contributed by atoms with E-state index in [-0.39, 0.29) is 22.7 Å². The molecule has 2 fully saturated rings. The lowest BCUT2D eigenvalue weighted by atomic mass is 9.86. The Bertz CT molecular complexity index is 630. The fraction of sp³-hybridized carbons (Fsp3) is 0.647. The number of hydrogen-bond donors (Lipinski definition) is 1. The summed E-state index contributed by atoms with van der Waals surface area (Å²) in [6.45, 7) is 2.17. The van der Waals surface area contributed by atoms with Crippen LogP contribution in [0.1, 0.15) is 38.5 Å². The lowest BCUT2D eigenvalue weighted by Gasteiger charge is -2.40. The average molecular weight is 347 g/mol. The minimum Gasteiger partial charge on any atom is -0.351 e. The molecule has 2 N–H and O–H groups in total. The fourth-order valence-corrected chi connectivity index (χ4v) is 4.17. The summed E-state index contributed by atoms with van der Waals surface area (Å²) >= 11 is 0. The van der Waals surface area contributed by atoms with Gasteiger partial charge in [-0.3, -0.25) is 10.1 Å². The summed E-state index contributed by atoms with van der Waals surface area (Å²) in [7, 11) is 0. The molecule has 2 amide bonds. The number of anilines is 1. The number of carbonyl (C=O) groups excluding carboxylic acids is 1. The fourth-order valence-electron chi connectivity index (χ4n) is 4.17. The zero-order valence-electron chi connectivity index (χ0n) is 14.3. The molecular weight excluding hydrogens is 322 g/mol. The van der Waals surface area contributed by atoms with Crippen molar-refractivity contribution in [2.75, 3.05) is 24.5 Å². The van der Waals surface area contributed by atoms with Crippen molar-refractivity contribution in [3.05, 3.63) is 28.4 Å². The molecule has 8 nitrogen and oxygen atoms in total. The van der Waals surface area contributed by atoms with E-state index in [0.29, 0.717) is 24.8 Å². The smallest absolute Gasteiger partial charge is 0.315 e. The van der Waals surface area contributed by atoms with E-state index in [9.17, 15) is 14.9 Å². The molecule has 25 heavy (non-hydrogen) atoms. The number of primary amides is 1. The Morgan fingerprint density at radius 1 is 1.20 bits per heavy atom. The number of nitro groups is 1. The van der Waals surface area contributed by atoms with Gasteiger partial charge in [0, 0.05) is 37.9 Å². The maximum atomic E-state index is 11.8. The Labute approximate surface area is 147 Å². The molecule has 0 spiro atoms. The third kappa shape index (κ3) is 3.83. The van der Waals surface area contributed by atoms with Crippen LogP contribution >= 0.6 is 0 Å². The molecule has 2 aliphatic heterocycles. The highest BCUT2D eigenvalue weighted by Crippen LogP contribution is 2.33. The van der Waals surface area contributed by atoms with Crippen LogP contribution in [0.5, 0.6) is 0 Å². The first kappa shape index (κ1) is 17.4. The van der Waals surface area contributed by atoms with Crippen molar-refractivity contribution >= 4 is 17.5 Å². The number of nitrogens with two attached hydrogens (primary N) is 1. The number of pyridine rings is 1. The maximum Gasteiger partial charge on any atom is 0.315 e. The summed E-state index contributed by atoms with van der Waals surface area (Å²) in [6, 6.07) is 2.95. The number of aromatic nitrogens is 1. The molecule has 1 atom stereocenters. The highest BCUT2D eigenvalue weighted by Gasteiger charge is 2.34. The van der Waals surface area contributed by atoms with Gasteiger partial charge in [-0.15, -0.1) is 0 Å². The van der Waals surface area contributed by atoms with Crippen molar-refractivity contribution in [3.8, 4) is 0 Å². The van der Waals surface area contributed by atoms with Gasteiger partial charge in [0.05, 0.1) is 4.92 Å². The first-order valence-electron chi connectivity index (χ1n) is 8.98. The van der Waals surface area contributed by atoms with Crippen molar-refractivity contribution < 1.29 is 9.72 Å². The number of carbonyl (C=O) groups is 1. The normalized spacial score (nSPS) is 22.5. The highest BCUT2D eigenvalue weighted by molar-refractivity contribution is 5.72. The van der Waals surface area contributed by atoms with Crippen LogP contribution in [0.25, 0.3) is 0 Å². The molecule has 0 saturated carbocycles. The van der Waals surface area contributed by atoms with E-state index in [1.807, 2.05) is 9.80 Å². The van der Waals surface area contributed by atoms with Gasteiger partial charge in [0.15, 0.2) is 0 Å². The molecule has 0 radical (unpaired) electrons. The Hall–Kier alpha value is -2.38. The van der Waals surface area contributed by atoms with Gasteiger partial charge in [-0.2, -0.15) is 0 Å². The molecule has 0 aliphatic carbocycles. The van der Waals surface area contributed by atoms with Crippen molar-refractivity contribution in [2.24, 2.45) is 11.7 Å². The molecule has 1 aromatic rings. The quantitative estimate of drug-likeness (QED) is 0.668. The van der Waals surface area contributed by atoms with Crippen LogP contribution in [0, 0.1) is 16.0 Å². The second kappa shape index (κ2) is 7.67. The largest absolute Gasteiger partial charge is 0.351 e. The van der Waals surface area contributed by atoms with E-state index in [4.69, 9.17) is 5.73 Å². The summed E-state index contributed by atoms with van der Waals surface area (Å²) in [6.07, 6.45) is 7.65. The number of hydrogen-bond acceptors (Lipinski definition) is 5.